The number of allylic oxidation sites excluding steroid dienone is 16. The molecule has 0 aromatic carbocycles. The van der Waals surface area contributed by atoms with Crippen LogP contribution < -0.4 is 0 Å². The predicted octanol–water partition coefficient (Wildman–Crippen LogP) is 18.1. The molecule has 6 nitrogen and oxygen atoms in total. The first-order valence-electron chi connectivity index (χ1n) is 27.3. The van der Waals surface area contributed by atoms with Crippen LogP contribution in [0.4, 0.5) is 0 Å². The molecule has 0 amide bonds. The van der Waals surface area contributed by atoms with Gasteiger partial charge < -0.3 is 14.2 Å². The van der Waals surface area contributed by atoms with Crippen LogP contribution in [0.2, 0.25) is 0 Å². The van der Waals surface area contributed by atoms with Gasteiger partial charge in [-0.1, -0.05) is 214 Å². The molecule has 0 heterocycles. The summed E-state index contributed by atoms with van der Waals surface area (Å²) in [4.78, 5) is 38.0. The van der Waals surface area contributed by atoms with Crippen molar-refractivity contribution < 1.29 is 28.6 Å². The van der Waals surface area contributed by atoms with Crippen LogP contribution in [0.15, 0.2) is 97.2 Å². The number of esters is 3. The van der Waals surface area contributed by atoms with Crippen molar-refractivity contribution in [2.45, 2.75) is 252 Å². The molecule has 0 fully saturated rings. The average Bonchev–Trinajstić information content (AvgIpc) is 3.31. The Balaban J connectivity index is 4.52. The molecule has 0 N–H and O–H groups in total. The molecular weight excluding hydrogens is 817 g/mol. The molecule has 0 saturated carbocycles. The monoisotopic (exact) mass is 917 g/mol. The first kappa shape index (κ1) is 62.3. The van der Waals surface area contributed by atoms with E-state index in [-0.39, 0.29) is 37.5 Å². The topological polar surface area (TPSA) is 78.9 Å². The maximum Gasteiger partial charge on any atom is 0.306 e. The van der Waals surface area contributed by atoms with Gasteiger partial charge in [0.05, 0.1) is 0 Å². The van der Waals surface area contributed by atoms with Gasteiger partial charge in [-0.15, -0.1) is 0 Å². The first-order chi connectivity index (χ1) is 32.5. The van der Waals surface area contributed by atoms with Crippen LogP contribution in [0.25, 0.3) is 0 Å². The lowest BCUT2D eigenvalue weighted by molar-refractivity contribution is -0.167. The predicted molar refractivity (Wildman–Crippen MR) is 284 cm³/mol. The van der Waals surface area contributed by atoms with Gasteiger partial charge in [-0.2, -0.15) is 0 Å². The normalized spacial score (nSPS) is 12.8. The fraction of sp³-hybridized carbons (Fsp3) is 0.683. The van der Waals surface area contributed by atoms with Crippen molar-refractivity contribution in [2.75, 3.05) is 13.2 Å². The largest absolute Gasteiger partial charge is 0.462 e. The SMILES string of the molecule is CC/C=C\C/C=C\C/C=C\C/C=C\C/C=C\CCCC(=O)OC(COC(=O)CCCCC/C=C\CCCCCCCC)COC(=O)CCCCCCC/C=C\C=C/CCCCCCCCC. The zero-order chi connectivity index (χ0) is 47.9. The summed E-state index contributed by atoms with van der Waals surface area (Å²) < 4.78 is 16.7. The van der Waals surface area contributed by atoms with Crippen molar-refractivity contribution in [3.8, 4) is 0 Å². The summed E-state index contributed by atoms with van der Waals surface area (Å²) in [7, 11) is 0. The molecule has 0 aliphatic heterocycles. The molecule has 0 aromatic heterocycles. The van der Waals surface area contributed by atoms with Crippen LogP contribution in [-0.2, 0) is 28.6 Å². The maximum absolute atomic E-state index is 12.8. The van der Waals surface area contributed by atoms with Crippen LogP contribution in [0.1, 0.15) is 245 Å². The van der Waals surface area contributed by atoms with Crippen molar-refractivity contribution in [1.82, 2.24) is 0 Å². The van der Waals surface area contributed by atoms with Crippen molar-refractivity contribution in [2.24, 2.45) is 0 Å². The van der Waals surface area contributed by atoms with Crippen LogP contribution in [-0.4, -0.2) is 37.2 Å². The van der Waals surface area contributed by atoms with Crippen LogP contribution in [0, 0.1) is 0 Å². The van der Waals surface area contributed by atoms with E-state index >= 15 is 0 Å². The van der Waals surface area contributed by atoms with Crippen molar-refractivity contribution in [3.05, 3.63) is 97.2 Å². The second kappa shape index (κ2) is 53.9. The van der Waals surface area contributed by atoms with E-state index in [9.17, 15) is 14.4 Å². The van der Waals surface area contributed by atoms with E-state index in [1.54, 1.807) is 0 Å². The highest BCUT2D eigenvalue weighted by Crippen LogP contribution is 2.13. The Labute approximate surface area is 407 Å². The second-order valence-corrected chi connectivity index (χ2v) is 17.8. The minimum Gasteiger partial charge on any atom is -0.462 e. The smallest absolute Gasteiger partial charge is 0.306 e. The van der Waals surface area contributed by atoms with Crippen LogP contribution in [0.3, 0.4) is 0 Å². The highest BCUT2D eigenvalue weighted by Gasteiger charge is 2.19. The number of carbonyl (C=O) groups excluding carboxylic acids is 3. The van der Waals surface area contributed by atoms with E-state index in [4.69, 9.17) is 14.2 Å². The third-order valence-corrected chi connectivity index (χ3v) is 11.3. The Morgan fingerprint density at radius 1 is 0.333 bits per heavy atom. The second-order valence-electron chi connectivity index (χ2n) is 17.8. The van der Waals surface area contributed by atoms with Gasteiger partial charge in [0, 0.05) is 19.3 Å². The number of hydrogen-bond acceptors (Lipinski definition) is 6. The molecule has 1 atom stereocenters. The van der Waals surface area contributed by atoms with Crippen molar-refractivity contribution in [3.63, 3.8) is 0 Å². The summed E-state index contributed by atoms with van der Waals surface area (Å²) >= 11 is 0. The van der Waals surface area contributed by atoms with Crippen LogP contribution >= 0.6 is 0 Å². The Hall–Kier alpha value is -3.67. The Morgan fingerprint density at radius 3 is 1.09 bits per heavy atom. The van der Waals surface area contributed by atoms with E-state index in [1.165, 1.54) is 89.9 Å². The van der Waals surface area contributed by atoms with Gasteiger partial charge in [-0.3, -0.25) is 14.4 Å². The van der Waals surface area contributed by atoms with Gasteiger partial charge in [0.15, 0.2) is 6.10 Å². The summed E-state index contributed by atoms with van der Waals surface area (Å²) in [6, 6.07) is 0. The molecular formula is C60H100O6. The standard InChI is InChI=1S/C60H100O6/c1-4-7-10-13-16-19-22-25-27-29-31-32-35-38-41-44-47-50-53-59(62)65-56-57(55-64-58(61)52-49-46-43-40-37-34-24-21-18-15-12-9-6-3)66-60(63)54-51-48-45-42-39-36-33-30-28-26-23-20-17-14-11-8-5-2/h8,11,17,20,26-29,31-34,36-37,42,45,57H,4-7,9-10,12-16,18-19,21-25,30,35,38-41,43-44,46-56H2,1-3H3/b11-8-,20-17-,28-26-,29-27-,32-31-,36-33-,37-34-,45-42-. The van der Waals surface area contributed by atoms with Gasteiger partial charge >= 0.3 is 17.9 Å². The summed E-state index contributed by atoms with van der Waals surface area (Å²) in [6.45, 7) is 6.44. The van der Waals surface area contributed by atoms with Gasteiger partial charge in [-0.05, 0) is 109 Å². The van der Waals surface area contributed by atoms with E-state index in [2.05, 4.69) is 118 Å². The van der Waals surface area contributed by atoms with E-state index in [0.29, 0.717) is 19.3 Å². The quantitative estimate of drug-likeness (QED) is 0.0199. The van der Waals surface area contributed by atoms with Gasteiger partial charge in [-0.25, -0.2) is 0 Å². The minimum absolute atomic E-state index is 0.114. The van der Waals surface area contributed by atoms with E-state index in [0.717, 1.165) is 109 Å². The van der Waals surface area contributed by atoms with Gasteiger partial charge in [0.25, 0.3) is 0 Å². The molecule has 0 aliphatic carbocycles. The maximum atomic E-state index is 12.8. The fourth-order valence-corrected chi connectivity index (χ4v) is 7.23. The zero-order valence-electron chi connectivity index (χ0n) is 42.9. The van der Waals surface area contributed by atoms with Crippen molar-refractivity contribution in [1.29, 1.82) is 0 Å². The molecule has 0 bridgehead atoms. The number of carbonyl (C=O) groups is 3. The van der Waals surface area contributed by atoms with E-state index < -0.39 is 6.10 Å². The minimum atomic E-state index is -0.820. The number of hydrogen-bond donors (Lipinski definition) is 0. The Morgan fingerprint density at radius 2 is 0.652 bits per heavy atom. The van der Waals surface area contributed by atoms with Gasteiger partial charge in [0.1, 0.15) is 13.2 Å². The number of unbranched alkanes of at least 4 members (excludes halogenated alkanes) is 22. The fourth-order valence-electron chi connectivity index (χ4n) is 7.23. The molecule has 0 aliphatic rings. The lowest BCUT2D eigenvalue weighted by Crippen LogP contribution is -2.30. The molecule has 0 saturated heterocycles. The molecule has 1 unspecified atom stereocenters. The number of rotatable bonds is 48. The molecule has 376 valence electrons. The van der Waals surface area contributed by atoms with Crippen molar-refractivity contribution >= 4 is 17.9 Å². The number of ether oxygens (including phenoxy) is 3. The lowest BCUT2D eigenvalue weighted by atomic mass is 10.1. The zero-order valence-corrected chi connectivity index (χ0v) is 42.9. The molecule has 0 rings (SSSR count). The third-order valence-electron chi connectivity index (χ3n) is 11.3. The summed E-state index contributed by atoms with van der Waals surface area (Å²) in [5.74, 6) is -1.00. The average molecular weight is 917 g/mol. The summed E-state index contributed by atoms with van der Waals surface area (Å²) in [6.07, 6.45) is 71.1. The molecule has 0 radical (unpaired) electrons. The highest BCUT2D eigenvalue weighted by atomic mass is 16.6. The first-order valence-corrected chi connectivity index (χ1v) is 27.3. The molecule has 66 heavy (non-hydrogen) atoms. The highest BCUT2D eigenvalue weighted by molar-refractivity contribution is 5.71. The Bertz CT molecular complexity index is 1330. The third kappa shape index (κ3) is 51.3. The molecule has 0 aromatic rings. The lowest BCUT2D eigenvalue weighted by Gasteiger charge is -2.18. The summed E-state index contributed by atoms with van der Waals surface area (Å²) in [5, 5.41) is 0. The van der Waals surface area contributed by atoms with Crippen LogP contribution in [0.5, 0.6) is 0 Å². The molecule has 6 heteroatoms. The Kier molecular flexibility index (Phi) is 50.9. The van der Waals surface area contributed by atoms with Gasteiger partial charge in [0.2, 0.25) is 0 Å². The van der Waals surface area contributed by atoms with E-state index in [1.807, 2.05) is 0 Å². The molecule has 0 spiro atoms. The summed E-state index contributed by atoms with van der Waals surface area (Å²) in [5.41, 5.74) is 0.